The Kier molecular flexibility index (Phi) is 18.5. The van der Waals surface area contributed by atoms with Crippen LogP contribution in [0.2, 0.25) is 5.15 Å². The molecular formula is C41H53Cl2N7O10S2. The third-order valence-electron chi connectivity index (χ3n) is 6.60. The van der Waals surface area contributed by atoms with E-state index in [9.17, 15) is 28.8 Å². The van der Waals surface area contributed by atoms with Gasteiger partial charge in [0.2, 0.25) is 11.8 Å². The SMILES string of the molecule is C.CC(C)(C)OC(=O)N(C(=O)OC(C)(C)C)c1cnc(-c2cccnc2)s1.CC(C)(C)OC(=O)N(C(=O)OC(C)(C)C)c1sc(-c2cccnc2)nc1Cl.O=C1CCC(=O)N1Cl. The topological polar surface area (TPSA) is 201 Å². The summed E-state index contributed by atoms with van der Waals surface area (Å²) in [7, 11) is 0. The van der Waals surface area contributed by atoms with E-state index >= 15 is 0 Å². The second kappa shape index (κ2) is 21.7. The number of pyridine rings is 2. The minimum absolute atomic E-state index is 0. The highest BCUT2D eigenvalue weighted by atomic mass is 35.5. The summed E-state index contributed by atoms with van der Waals surface area (Å²) in [5.41, 5.74) is -1.62. The predicted molar refractivity (Wildman–Crippen MR) is 239 cm³/mol. The Morgan fingerprint density at radius 2 is 1.02 bits per heavy atom. The Labute approximate surface area is 379 Å². The van der Waals surface area contributed by atoms with Crippen molar-refractivity contribution in [2.75, 3.05) is 9.80 Å². The summed E-state index contributed by atoms with van der Waals surface area (Å²) in [6.45, 7) is 20.6. The van der Waals surface area contributed by atoms with Crippen LogP contribution < -0.4 is 9.80 Å². The summed E-state index contributed by atoms with van der Waals surface area (Å²) >= 11 is 13.6. The first-order valence-electron chi connectivity index (χ1n) is 18.5. The molecule has 21 heteroatoms. The first kappa shape index (κ1) is 52.9. The largest absolute Gasteiger partial charge is 0.443 e. The van der Waals surface area contributed by atoms with Crippen LogP contribution in [0.5, 0.6) is 0 Å². The van der Waals surface area contributed by atoms with E-state index in [1.807, 2.05) is 6.07 Å². The maximum absolute atomic E-state index is 12.7. The van der Waals surface area contributed by atoms with E-state index in [4.69, 9.17) is 42.3 Å². The third-order valence-corrected chi connectivity index (χ3v) is 9.47. The van der Waals surface area contributed by atoms with Crippen molar-refractivity contribution in [3.63, 3.8) is 0 Å². The van der Waals surface area contributed by atoms with Gasteiger partial charge in [0.25, 0.3) is 0 Å². The lowest BCUT2D eigenvalue weighted by Crippen LogP contribution is -2.43. The highest BCUT2D eigenvalue weighted by Gasteiger charge is 2.37. The standard InChI is InChI=1S/C18H22ClN3O4S.C18H23N3O4S.C4H4ClNO2.CH4/c1-17(2,3)25-15(23)22(16(24)26-18(4,5)6)14-12(19)21-13(27-14)11-8-7-9-20-10-11;1-17(2,3)24-15(22)21(16(23)25-18(4,5)6)13-11-20-14(26-13)12-8-7-9-19-10-12;5-6-3(7)1-2-4(6)8;/h7-10H,1-6H3;7-11H,1-6H3;1-2H2;1H4. The van der Waals surface area contributed by atoms with Crippen molar-refractivity contribution in [1.82, 2.24) is 24.4 Å². The number of halogens is 2. The summed E-state index contributed by atoms with van der Waals surface area (Å²) in [6, 6.07) is 7.19. The molecule has 0 unspecified atom stereocenters. The Balaban J connectivity index is 0.000000357. The summed E-state index contributed by atoms with van der Waals surface area (Å²) in [6.07, 6.45) is 5.14. The van der Waals surface area contributed by atoms with Gasteiger partial charge in [-0.05, 0) is 107 Å². The smallest absolute Gasteiger partial charge is 0.425 e. The summed E-state index contributed by atoms with van der Waals surface area (Å²) in [4.78, 5) is 89.6. The zero-order chi connectivity index (χ0) is 46.1. The van der Waals surface area contributed by atoms with Crippen LogP contribution in [0.3, 0.4) is 0 Å². The van der Waals surface area contributed by atoms with E-state index in [2.05, 4.69) is 19.9 Å². The molecule has 0 atom stereocenters. The molecule has 0 saturated carbocycles. The number of carbonyl (C=O) groups excluding carboxylic acids is 6. The number of anilines is 2. The lowest BCUT2D eigenvalue weighted by atomic mass is 10.2. The first-order valence-corrected chi connectivity index (χ1v) is 20.9. The molecule has 0 radical (unpaired) electrons. The number of imide groups is 3. The van der Waals surface area contributed by atoms with Gasteiger partial charge in [-0.25, -0.2) is 29.1 Å². The van der Waals surface area contributed by atoms with Gasteiger partial charge in [-0.3, -0.25) is 19.6 Å². The molecule has 1 aliphatic rings. The van der Waals surface area contributed by atoms with Gasteiger partial charge in [-0.1, -0.05) is 41.7 Å². The Morgan fingerprint density at radius 1 is 0.629 bits per heavy atom. The average molecular weight is 939 g/mol. The zero-order valence-electron chi connectivity index (χ0n) is 35.9. The number of amides is 6. The molecule has 1 fully saturated rings. The number of hydrogen-bond donors (Lipinski definition) is 0. The van der Waals surface area contributed by atoms with Crippen molar-refractivity contribution in [2.45, 2.75) is 126 Å². The predicted octanol–water partition coefficient (Wildman–Crippen LogP) is 11.3. The molecule has 0 spiro atoms. The Morgan fingerprint density at radius 3 is 1.35 bits per heavy atom. The molecule has 5 rings (SSSR count). The molecule has 4 aromatic rings. The summed E-state index contributed by atoms with van der Waals surface area (Å²) in [5.74, 6) is -0.590. The number of thiazole rings is 2. The number of ether oxygens (including phenoxy) is 4. The van der Waals surface area contributed by atoms with Crippen LogP contribution in [0.4, 0.5) is 29.2 Å². The van der Waals surface area contributed by atoms with E-state index in [0.29, 0.717) is 25.0 Å². The van der Waals surface area contributed by atoms with Crippen molar-refractivity contribution >= 4 is 92.2 Å². The van der Waals surface area contributed by atoms with Crippen LogP contribution in [0, 0.1) is 0 Å². The fourth-order valence-corrected chi connectivity index (χ4v) is 6.63. The van der Waals surface area contributed by atoms with Gasteiger partial charge >= 0.3 is 24.4 Å². The lowest BCUT2D eigenvalue weighted by Gasteiger charge is -2.27. The molecule has 1 aliphatic heterocycles. The van der Waals surface area contributed by atoms with Crippen LogP contribution in [0.15, 0.2) is 55.2 Å². The van der Waals surface area contributed by atoms with Crippen molar-refractivity contribution in [1.29, 1.82) is 0 Å². The molecule has 1 saturated heterocycles. The molecule has 4 aromatic heterocycles. The van der Waals surface area contributed by atoms with E-state index in [1.54, 1.807) is 126 Å². The molecular weight excluding hydrogens is 886 g/mol. The van der Waals surface area contributed by atoms with Crippen LogP contribution in [0.25, 0.3) is 21.1 Å². The number of hydrogen-bond acceptors (Lipinski definition) is 16. The van der Waals surface area contributed by atoms with E-state index in [1.165, 1.54) is 17.5 Å². The van der Waals surface area contributed by atoms with Gasteiger partial charge in [0, 0.05) is 60.5 Å². The van der Waals surface area contributed by atoms with Crippen molar-refractivity contribution in [3.8, 4) is 21.1 Å². The second-order valence-corrected chi connectivity index (χ2v) is 19.4. The van der Waals surface area contributed by atoms with Gasteiger partial charge in [-0.2, -0.15) is 14.2 Å². The normalized spacial score (nSPS) is 12.7. The van der Waals surface area contributed by atoms with Gasteiger partial charge < -0.3 is 18.9 Å². The first-order chi connectivity index (χ1) is 28.0. The molecule has 0 N–H and O–H groups in total. The zero-order valence-corrected chi connectivity index (χ0v) is 39.0. The minimum Gasteiger partial charge on any atom is -0.443 e. The molecule has 0 bridgehead atoms. The molecule has 6 amide bonds. The van der Waals surface area contributed by atoms with Crippen LogP contribution in [-0.2, 0) is 28.5 Å². The van der Waals surface area contributed by atoms with Crippen molar-refractivity contribution in [2.24, 2.45) is 0 Å². The van der Waals surface area contributed by atoms with Crippen molar-refractivity contribution in [3.05, 3.63) is 60.4 Å². The molecule has 0 aromatic carbocycles. The van der Waals surface area contributed by atoms with Gasteiger partial charge in [0.05, 0.1) is 6.20 Å². The monoisotopic (exact) mass is 937 g/mol. The van der Waals surface area contributed by atoms with Gasteiger partial charge in [0.1, 0.15) is 37.4 Å². The summed E-state index contributed by atoms with van der Waals surface area (Å²) in [5, 5.41) is 1.58. The lowest BCUT2D eigenvalue weighted by molar-refractivity contribution is -0.132. The number of rotatable bonds is 4. The highest BCUT2D eigenvalue weighted by Crippen LogP contribution is 2.39. The van der Waals surface area contributed by atoms with E-state index in [0.717, 1.165) is 26.7 Å². The van der Waals surface area contributed by atoms with Crippen LogP contribution in [-0.4, -0.2) is 82.9 Å². The quantitative estimate of drug-likeness (QED) is 0.106. The fourth-order valence-electron chi connectivity index (χ4n) is 4.31. The molecule has 62 heavy (non-hydrogen) atoms. The van der Waals surface area contributed by atoms with Crippen molar-refractivity contribution < 1.29 is 47.7 Å². The van der Waals surface area contributed by atoms with Crippen LogP contribution >= 0.6 is 46.1 Å². The van der Waals surface area contributed by atoms with Crippen LogP contribution in [0.1, 0.15) is 103 Å². The number of carbonyl (C=O) groups is 6. The molecule has 338 valence electrons. The fraction of sp³-hybridized carbons (Fsp3) is 0.463. The van der Waals surface area contributed by atoms with Gasteiger partial charge in [0.15, 0.2) is 10.2 Å². The van der Waals surface area contributed by atoms with Gasteiger partial charge in [-0.15, -0.1) is 0 Å². The number of aromatic nitrogens is 4. The molecule has 17 nitrogen and oxygen atoms in total. The number of nitrogens with zero attached hydrogens (tertiary/aromatic N) is 7. The Hall–Kier alpha value is -5.24. The van der Waals surface area contributed by atoms with E-state index < -0.39 is 46.8 Å². The highest BCUT2D eigenvalue weighted by molar-refractivity contribution is 7.20. The Bertz CT molecular complexity index is 2110. The second-order valence-electron chi connectivity index (χ2n) is 16.8. The average Bonchev–Trinajstić information content (AvgIpc) is 3.83. The third kappa shape index (κ3) is 16.9. The van der Waals surface area contributed by atoms with E-state index in [-0.39, 0.29) is 42.2 Å². The maximum atomic E-state index is 12.7. The molecule has 0 aliphatic carbocycles. The maximum Gasteiger partial charge on any atom is 0.425 e. The molecule has 5 heterocycles. The summed E-state index contributed by atoms with van der Waals surface area (Å²) < 4.78 is 22.1. The minimum atomic E-state index is -0.889.